The molecule has 0 spiro atoms. The SMILES string of the molecule is CCc1cccc(NC(=S)N(CCC(C)C)[C@H](C)c2ccco2)c1. The molecule has 3 nitrogen and oxygen atoms in total. The Morgan fingerprint density at radius 3 is 2.62 bits per heavy atom. The Kier molecular flexibility index (Phi) is 6.85. The highest BCUT2D eigenvalue weighted by atomic mass is 32.1. The number of nitrogens with zero attached hydrogens (tertiary/aromatic N) is 1. The zero-order valence-electron chi connectivity index (χ0n) is 15.1. The number of furan rings is 1. The third-order valence-corrected chi connectivity index (χ3v) is 4.55. The highest BCUT2D eigenvalue weighted by molar-refractivity contribution is 7.80. The average Bonchev–Trinajstić information content (AvgIpc) is 3.09. The summed E-state index contributed by atoms with van der Waals surface area (Å²) in [6.45, 7) is 9.66. The molecule has 1 heterocycles. The van der Waals surface area contributed by atoms with E-state index in [1.54, 1.807) is 6.26 Å². The van der Waals surface area contributed by atoms with Gasteiger partial charge in [-0.2, -0.15) is 0 Å². The molecule has 0 unspecified atom stereocenters. The minimum Gasteiger partial charge on any atom is -0.467 e. The second kappa shape index (κ2) is 8.88. The zero-order valence-corrected chi connectivity index (χ0v) is 15.9. The molecule has 4 heteroatoms. The molecule has 2 aromatic rings. The Morgan fingerprint density at radius 2 is 2.00 bits per heavy atom. The van der Waals surface area contributed by atoms with Gasteiger partial charge in [-0.1, -0.05) is 32.9 Å². The predicted molar refractivity (Wildman–Crippen MR) is 105 cm³/mol. The second-order valence-corrected chi connectivity index (χ2v) is 6.94. The number of anilines is 1. The third-order valence-electron chi connectivity index (χ3n) is 4.22. The molecular weight excluding hydrogens is 316 g/mol. The largest absolute Gasteiger partial charge is 0.467 e. The van der Waals surface area contributed by atoms with E-state index in [-0.39, 0.29) is 6.04 Å². The summed E-state index contributed by atoms with van der Waals surface area (Å²) in [6, 6.07) is 12.5. The summed E-state index contributed by atoms with van der Waals surface area (Å²) in [5, 5.41) is 4.14. The van der Waals surface area contributed by atoms with Crippen LogP contribution in [0, 0.1) is 5.92 Å². The van der Waals surface area contributed by atoms with Crippen molar-refractivity contribution in [2.75, 3.05) is 11.9 Å². The van der Waals surface area contributed by atoms with Crippen molar-refractivity contribution in [3.05, 3.63) is 54.0 Å². The van der Waals surface area contributed by atoms with Crippen LogP contribution < -0.4 is 5.32 Å². The Balaban J connectivity index is 2.13. The maximum atomic E-state index is 5.71. The molecule has 0 aliphatic rings. The van der Waals surface area contributed by atoms with Crippen LogP contribution in [0.25, 0.3) is 0 Å². The Bertz CT molecular complexity index is 637. The van der Waals surface area contributed by atoms with Crippen molar-refractivity contribution in [1.82, 2.24) is 4.90 Å². The monoisotopic (exact) mass is 344 g/mol. The number of benzene rings is 1. The lowest BCUT2D eigenvalue weighted by Crippen LogP contribution is -2.38. The van der Waals surface area contributed by atoms with Crippen LogP contribution in [0.3, 0.4) is 0 Å². The van der Waals surface area contributed by atoms with Crippen LogP contribution in [-0.4, -0.2) is 16.6 Å². The summed E-state index contributed by atoms with van der Waals surface area (Å²) in [4.78, 5) is 2.22. The number of rotatable bonds is 7. The molecule has 0 aliphatic carbocycles. The van der Waals surface area contributed by atoms with Crippen molar-refractivity contribution in [2.45, 2.75) is 46.6 Å². The van der Waals surface area contributed by atoms with Crippen molar-refractivity contribution < 1.29 is 4.42 Å². The summed E-state index contributed by atoms with van der Waals surface area (Å²) in [5.74, 6) is 1.56. The topological polar surface area (TPSA) is 28.4 Å². The molecule has 0 aliphatic heterocycles. The van der Waals surface area contributed by atoms with Crippen LogP contribution in [0.1, 0.15) is 51.5 Å². The number of aryl methyl sites for hydroxylation is 1. The van der Waals surface area contributed by atoms with Crippen molar-refractivity contribution in [1.29, 1.82) is 0 Å². The maximum absolute atomic E-state index is 5.71. The Morgan fingerprint density at radius 1 is 1.21 bits per heavy atom. The Hall–Kier alpha value is -1.81. The fraction of sp³-hybridized carbons (Fsp3) is 0.450. The molecule has 130 valence electrons. The van der Waals surface area contributed by atoms with Crippen LogP contribution in [-0.2, 0) is 6.42 Å². The minimum atomic E-state index is 0.105. The molecule has 1 aromatic carbocycles. The van der Waals surface area contributed by atoms with Gasteiger partial charge in [0, 0.05) is 12.2 Å². The summed E-state index contributed by atoms with van der Waals surface area (Å²) < 4.78 is 5.59. The standard InChI is InChI=1S/C20H28N2OS/c1-5-17-8-6-9-18(14-17)21-20(24)22(12-11-15(2)3)16(4)19-10-7-13-23-19/h6-10,13-16H,5,11-12H2,1-4H3,(H,21,24)/t16-/m1/s1. The summed E-state index contributed by atoms with van der Waals surface area (Å²) in [5.41, 5.74) is 2.34. The van der Waals surface area contributed by atoms with Crippen LogP contribution in [0.5, 0.6) is 0 Å². The van der Waals surface area contributed by atoms with E-state index in [1.807, 2.05) is 12.1 Å². The molecule has 1 aromatic heterocycles. The quantitative estimate of drug-likeness (QED) is 0.657. The maximum Gasteiger partial charge on any atom is 0.174 e. The first-order chi connectivity index (χ1) is 11.5. The van der Waals surface area contributed by atoms with E-state index in [1.165, 1.54) is 5.56 Å². The number of hydrogen-bond donors (Lipinski definition) is 1. The molecule has 2 rings (SSSR count). The molecule has 1 atom stereocenters. The van der Waals surface area contributed by atoms with Crippen molar-refractivity contribution in [3.63, 3.8) is 0 Å². The van der Waals surface area contributed by atoms with Gasteiger partial charge >= 0.3 is 0 Å². The number of hydrogen-bond acceptors (Lipinski definition) is 2. The molecule has 0 saturated heterocycles. The number of nitrogens with one attached hydrogen (secondary N) is 1. The fourth-order valence-corrected chi connectivity index (χ4v) is 2.98. The highest BCUT2D eigenvalue weighted by Crippen LogP contribution is 2.23. The van der Waals surface area contributed by atoms with E-state index >= 15 is 0 Å². The molecule has 0 amide bonds. The van der Waals surface area contributed by atoms with Gasteiger partial charge in [-0.05, 0) is 67.7 Å². The third kappa shape index (κ3) is 5.10. The van der Waals surface area contributed by atoms with Gasteiger partial charge < -0.3 is 14.6 Å². The van der Waals surface area contributed by atoms with Crippen molar-refractivity contribution in [2.24, 2.45) is 5.92 Å². The molecule has 0 saturated carbocycles. The lowest BCUT2D eigenvalue weighted by atomic mass is 10.1. The lowest BCUT2D eigenvalue weighted by molar-refractivity contribution is 0.281. The average molecular weight is 345 g/mol. The minimum absolute atomic E-state index is 0.105. The van der Waals surface area contributed by atoms with Gasteiger partial charge in [0.05, 0.1) is 12.3 Å². The smallest absolute Gasteiger partial charge is 0.174 e. The molecule has 24 heavy (non-hydrogen) atoms. The van der Waals surface area contributed by atoms with E-state index in [2.05, 4.69) is 62.2 Å². The van der Waals surface area contributed by atoms with Gasteiger partial charge in [-0.15, -0.1) is 0 Å². The van der Waals surface area contributed by atoms with Crippen LogP contribution in [0.15, 0.2) is 47.1 Å². The van der Waals surface area contributed by atoms with E-state index in [0.29, 0.717) is 5.92 Å². The lowest BCUT2D eigenvalue weighted by Gasteiger charge is -2.31. The van der Waals surface area contributed by atoms with Gasteiger partial charge in [0.2, 0.25) is 0 Å². The van der Waals surface area contributed by atoms with Gasteiger partial charge in [0.25, 0.3) is 0 Å². The Labute approximate surface area is 151 Å². The van der Waals surface area contributed by atoms with Crippen LogP contribution in [0.4, 0.5) is 5.69 Å². The second-order valence-electron chi connectivity index (χ2n) is 6.55. The normalized spacial score (nSPS) is 12.2. The molecular formula is C20H28N2OS. The van der Waals surface area contributed by atoms with Gasteiger partial charge in [-0.3, -0.25) is 0 Å². The van der Waals surface area contributed by atoms with Gasteiger partial charge in [0.1, 0.15) is 5.76 Å². The van der Waals surface area contributed by atoms with E-state index in [4.69, 9.17) is 16.6 Å². The summed E-state index contributed by atoms with van der Waals surface area (Å²) in [7, 11) is 0. The van der Waals surface area contributed by atoms with Crippen LogP contribution in [0.2, 0.25) is 0 Å². The molecule has 0 bridgehead atoms. The van der Waals surface area contributed by atoms with Gasteiger partial charge in [-0.25, -0.2) is 0 Å². The molecule has 0 radical (unpaired) electrons. The summed E-state index contributed by atoms with van der Waals surface area (Å²) >= 11 is 5.71. The first kappa shape index (κ1) is 18.5. The molecule has 0 fully saturated rings. The van der Waals surface area contributed by atoms with Gasteiger partial charge in [0.15, 0.2) is 5.11 Å². The van der Waals surface area contributed by atoms with E-state index < -0.39 is 0 Å². The highest BCUT2D eigenvalue weighted by Gasteiger charge is 2.21. The van der Waals surface area contributed by atoms with Crippen LogP contribution >= 0.6 is 12.2 Å². The summed E-state index contributed by atoms with van der Waals surface area (Å²) in [6.07, 6.45) is 3.82. The first-order valence-electron chi connectivity index (χ1n) is 8.71. The first-order valence-corrected chi connectivity index (χ1v) is 9.12. The molecule has 1 N–H and O–H groups in total. The predicted octanol–water partition coefficient (Wildman–Crippen LogP) is 5.65. The van der Waals surface area contributed by atoms with Crippen molar-refractivity contribution >= 4 is 23.0 Å². The zero-order chi connectivity index (χ0) is 17.5. The van der Waals surface area contributed by atoms with Crippen molar-refractivity contribution in [3.8, 4) is 0 Å². The fourth-order valence-electron chi connectivity index (χ4n) is 2.62. The number of thiocarbonyl (C=S) groups is 1. The van der Waals surface area contributed by atoms with E-state index in [9.17, 15) is 0 Å². The van der Waals surface area contributed by atoms with E-state index in [0.717, 1.165) is 35.9 Å².